The van der Waals surface area contributed by atoms with Crippen LogP contribution in [0.15, 0.2) is 59.6 Å². The molecule has 2 amide bonds. The normalized spacial score (nSPS) is 13.0. The number of carbonyl (C=O) groups excluding carboxylic acids is 2. The van der Waals surface area contributed by atoms with E-state index in [0.717, 1.165) is 10.5 Å². The monoisotopic (exact) mass is 408 g/mol. The molecule has 5 nitrogen and oxygen atoms in total. The Balaban J connectivity index is 1.69. The number of hydrogen-bond donors (Lipinski definition) is 0. The molecule has 0 radical (unpaired) electrons. The number of hydrogen-bond acceptors (Lipinski definition) is 5. The largest absolute Gasteiger partial charge is 0.497 e. The van der Waals surface area contributed by atoms with Gasteiger partial charge in [0.05, 0.1) is 23.9 Å². The minimum absolute atomic E-state index is 0.301. The molecule has 1 aromatic heterocycles. The fourth-order valence-corrected chi connectivity index (χ4v) is 4.21. The zero-order valence-corrected chi connectivity index (χ0v) is 16.6. The Morgan fingerprint density at radius 2 is 1.83 bits per heavy atom. The van der Waals surface area contributed by atoms with E-state index in [4.69, 9.17) is 4.74 Å². The Labute approximate surface area is 171 Å². The van der Waals surface area contributed by atoms with Gasteiger partial charge in [-0.15, -0.1) is 11.8 Å². The van der Waals surface area contributed by atoms with Crippen molar-refractivity contribution in [1.82, 2.24) is 4.98 Å². The summed E-state index contributed by atoms with van der Waals surface area (Å²) in [6.07, 6.45) is 0. The molecule has 146 valence electrons. The topological polar surface area (TPSA) is 59.5 Å². The van der Waals surface area contributed by atoms with Gasteiger partial charge < -0.3 is 4.74 Å². The summed E-state index contributed by atoms with van der Waals surface area (Å²) in [7, 11) is 1.53. The van der Waals surface area contributed by atoms with Crippen molar-refractivity contribution in [1.29, 1.82) is 0 Å². The van der Waals surface area contributed by atoms with Gasteiger partial charge in [0.1, 0.15) is 16.6 Å². The summed E-state index contributed by atoms with van der Waals surface area (Å²) in [5, 5.41) is 0.494. The van der Waals surface area contributed by atoms with Crippen LogP contribution in [0.5, 0.6) is 5.75 Å². The Kier molecular flexibility index (Phi) is 5.07. The molecule has 29 heavy (non-hydrogen) atoms. The molecule has 0 spiro atoms. The number of nitrogens with zero attached hydrogens (tertiary/aromatic N) is 2. The van der Waals surface area contributed by atoms with Crippen LogP contribution in [0.4, 0.5) is 10.1 Å². The third-order valence-corrected chi connectivity index (χ3v) is 5.61. The van der Waals surface area contributed by atoms with Crippen molar-refractivity contribution < 1.29 is 18.7 Å². The number of aryl methyl sites for hydroxylation is 1. The lowest BCUT2D eigenvalue weighted by Crippen LogP contribution is -2.29. The average molecular weight is 408 g/mol. The number of thioether (sulfide) groups is 1. The summed E-state index contributed by atoms with van der Waals surface area (Å²) in [6, 6.07) is 14.6. The molecule has 4 rings (SSSR count). The Hall–Kier alpha value is -3.19. The third-order valence-electron chi connectivity index (χ3n) is 4.57. The van der Waals surface area contributed by atoms with Gasteiger partial charge in [-0.05, 0) is 42.8 Å². The van der Waals surface area contributed by atoms with Gasteiger partial charge in [-0.25, -0.2) is 14.3 Å². The van der Waals surface area contributed by atoms with Crippen LogP contribution in [0.2, 0.25) is 0 Å². The summed E-state index contributed by atoms with van der Waals surface area (Å²) in [5.41, 5.74) is 2.64. The molecule has 2 heterocycles. The maximum atomic E-state index is 13.2. The highest BCUT2D eigenvalue weighted by molar-refractivity contribution is 7.98. The molecule has 0 N–H and O–H groups in total. The fraction of sp³-hybridized carbons (Fsp3) is 0.136. The van der Waals surface area contributed by atoms with Crippen molar-refractivity contribution in [3.8, 4) is 5.75 Å². The van der Waals surface area contributed by atoms with Crippen LogP contribution < -0.4 is 9.64 Å². The van der Waals surface area contributed by atoms with E-state index in [1.165, 1.54) is 31.0 Å². The molecular weight excluding hydrogens is 391 g/mol. The minimum Gasteiger partial charge on any atom is -0.497 e. The summed E-state index contributed by atoms with van der Waals surface area (Å²) in [5.74, 6) is -0.0360. The number of imide groups is 1. The lowest BCUT2D eigenvalue weighted by atomic mass is 10.1. The zero-order chi connectivity index (χ0) is 20.5. The van der Waals surface area contributed by atoms with Gasteiger partial charge in [-0.1, -0.05) is 18.2 Å². The van der Waals surface area contributed by atoms with E-state index in [9.17, 15) is 14.0 Å². The summed E-state index contributed by atoms with van der Waals surface area (Å²) < 4.78 is 18.3. The second-order valence-electron chi connectivity index (χ2n) is 6.55. The maximum absolute atomic E-state index is 13.2. The molecule has 0 fully saturated rings. The van der Waals surface area contributed by atoms with Crippen LogP contribution in [0.25, 0.3) is 0 Å². The van der Waals surface area contributed by atoms with Gasteiger partial charge >= 0.3 is 0 Å². The number of pyridine rings is 1. The van der Waals surface area contributed by atoms with Gasteiger partial charge in [0.25, 0.3) is 11.8 Å². The lowest BCUT2D eigenvalue weighted by molar-refractivity contribution is 0.0925. The van der Waals surface area contributed by atoms with Crippen molar-refractivity contribution >= 4 is 29.3 Å². The van der Waals surface area contributed by atoms with Gasteiger partial charge in [-0.3, -0.25) is 9.59 Å². The SMILES string of the molecule is COc1cccc(N2C(=O)c3cc(C)nc(SCc4ccc(F)cc4)c3C2=O)c1. The maximum Gasteiger partial charge on any atom is 0.268 e. The smallest absolute Gasteiger partial charge is 0.268 e. The number of fused-ring (bicyclic) bond motifs is 1. The van der Waals surface area contributed by atoms with Crippen LogP contribution in [0.3, 0.4) is 0 Å². The number of rotatable bonds is 5. The highest BCUT2D eigenvalue weighted by Crippen LogP contribution is 2.36. The van der Waals surface area contributed by atoms with E-state index >= 15 is 0 Å². The Bertz CT molecular complexity index is 1120. The van der Waals surface area contributed by atoms with E-state index in [1.54, 1.807) is 49.4 Å². The number of anilines is 1. The van der Waals surface area contributed by atoms with Crippen molar-refractivity contribution in [2.75, 3.05) is 12.0 Å². The second-order valence-corrected chi connectivity index (χ2v) is 7.52. The van der Waals surface area contributed by atoms with Gasteiger partial charge in [0, 0.05) is 17.5 Å². The Morgan fingerprint density at radius 3 is 2.55 bits per heavy atom. The van der Waals surface area contributed by atoms with E-state index in [1.807, 2.05) is 0 Å². The number of benzene rings is 2. The van der Waals surface area contributed by atoms with Crippen LogP contribution >= 0.6 is 11.8 Å². The van der Waals surface area contributed by atoms with Crippen molar-refractivity contribution in [3.63, 3.8) is 0 Å². The predicted molar refractivity (Wildman–Crippen MR) is 109 cm³/mol. The first-order chi connectivity index (χ1) is 14.0. The highest BCUT2D eigenvalue weighted by Gasteiger charge is 2.39. The molecule has 0 bridgehead atoms. The molecular formula is C22H17FN2O3S. The van der Waals surface area contributed by atoms with E-state index < -0.39 is 5.91 Å². The average Bonchev–Trinajstić information content (AvgIpc) is 2.97. The number of ether oxygens (including phenoxy) is 1. The first-order valence-corrected chi connectivity index (χ1v) is 9.88. The van der Waals surface area contributed by atoms with Gasteiger partial charge in [-0.2, -0.15) is 0 Å². The number of carbonyl (C=O) groups is 2. The molecule has 0 saturated heterocycles. The van der Waals surface area contributed by atoms with Gasteiger partial charge in [0.2, 0.25) is 0 Å². The van der Waals surface area contributed by atoms with Crippen LogP contribution in [0, 0.1) is 12.7 Å². The minimum atomic E-state index is -0.410. The Morgan fingerprint density at radius 1 is 1.07 bits per heavy atom. The molecule has 3 aromatic rings. The van der Waals surface area contributed by atoms with Crippen molar-refractivity contribution in [2.45, 2.75) is 17.7 Å². The summed E-state index contributed by atoms with van der Waals surface area (Å²) in [6.45, 7) is 1.79. The molecule has 0 aliphatic carbocycles. The van der Waals surface area contributed by atoms with Crippen LogP contribution in [-0.4, -0.2) is 23.9 Å². The fourth-order valence-electron chi connectivity index (χ4n) is 3.17. The van der Waals surface area contributed by atoms with E-state index in [-0.39, 0.29) is 11.7 Å². The zero-order valence-electron chi connectivity index (χ0n) is 15.8. The number of aromatic nitrogens is 1. The van der Waals surface area contributed by atoms with Crippen molar-refractivity contribution in [3.05, 3.63) is 82.8 Å². The lowest BCUT2D eigenvalue weighted by Gasteiger charge is -2.14. The van der Waals surface area contributed by atoms with Crippen LogP contribution in [-0.2, 0) is 5.75 Å². The first-order valence-electron chi connectivity index (χ1n) is 8.89. The van der Waals surface area contributed by atoms with E-state index in [0.29, 0.717) is 39.0 Å². The number of halogens is 1. The molecule has 0 unspecified atom stereocenters. The molecule has 1 aliphatic rings. The predicted octanol–water partition coefficient (Wildman–Crippen LogP) is 4.63. The molecule has 7 heteroatoms. The third kappa shape index (κ3) is 3.61. The number of methoxy groups -OCH3 is 1. The van der Waals surface area contributed by atoms with Crippen molar-refractivity contribution in [2.24, 2.45) is 0 Å². The standard InChI is InChI=1S/C22H17FN2O3S/c1-13-10-18-19(20(24-13)29-12-14-6-8-15(23)9-7-14)22(27)25(21(18)26)16-4-3-5-17(11-16)28-2/h3-11H,12H2,1-2H3. The molecule has 1 aliphatic heterocycles. The van der Waals surface area contributed by atoms with Gasteiger partial charge in [0.15, 0.2) is 0 Å². The summed E-state index contributed by atoms with van der Waals surface area (Å²) >= 11 is 1.35. The summed E-state index contributed by atoms with van der Waals surface area (Å²) in [4.78, 5) is 31.8. The number of amides is 2. The second kappa shape index (κ2) is 7.67. The highest BCUT2D eigenvalue weighted by atomic mass is 32.2. The molecule has 0 atom stereocenters. The first kappa shape index (κ1) is 19.1. The van der Waals surface area contributed by atoms with Crippen LogP contribution in [0.1, 0.15) is 32.0 Å². The molecule has 2 aromatic carbocycles. The van der Waals surface area contributed by atoms with E-state index in [2.05, 4.69) is 4.98 Å². The quantitative estimate of drug-likeness (QED) is 0.455. The molecule has 0 saturated carbocycles.